The summed E-state index contributed by atoms with van der Waals surface area (Å²) in [5.74, 6) is 0.0600. The van der Waals surface area contributed by atoms with Crippen molar-refractivity contribution in [3.05, 3.63) is 70.7 Å². The molecule has 0 saturated carbocycles. The average molecular weight is 679 g/mol. The third kappa shape index (κ3) is 7.90. The summed E-state index contributed by atoms with van der Waals surface area (Å²) in [6.07, 6.45) is 0. The van der Waals surface area contributed by atoms with Crippen molar-refractivity contribution in [1.29, 1.82) is 0 Å². The summed E-state index contributed by atoms with van der Waals surface area (Å²) >= 11 is 3.44. The average Bonchev–Trinajstić information content (AvgIpc) is 3.01. The Morgan fingerprint density at radius 1 is 0.884 bits per heavy atom. The van der Waals surface area contributed by atoms with E-state index in [0.717, 1.165) is 14.3 Å². The maximum Gasteiger partial charge on any atom is 0.265 e. The highest BCUT2D eigenvalue weighted by Gasteiger charge is 2.34. The second kappa shape index (κ2) is 15.0. The standard InChI is InChI=1S/C30H36BrN3O8S/c1-7-32-30(36)20(2)33(18-21-9-8-10-22(31)15-21)29(35)19-34(25-16-23(39-3)11-13-26(25)40-4)43(37,38)24-12-14-27(41-5)28(17-24)42-6/h8-17,20H,7,18-19H2,1-6H3,(H,32,36)/t20-/m1/s1. The first kappa shape index (κ1) is 33.5. The van der Waals surface area contributed by atoms with E-state index >= 15 is 0 Å². The smallest absolute Gasteiger partial charge is 0.265 e. The zero-order valence-electron chi connectivity index (χ0n) is 24.9. The zero-order valence-corrected chi connectivity index (χ0v) is 27.3. The molecule has 0 fully saturated rings. The van der Waals surface area contributed by atoms with Crippen LogP contribution >= 0.6 is 15.9 Å². The lowest BCUT2D eigenvalue weighted by Crippen LogP contribution is -2.51. The number of ether oxygens (including phenoxy) is 4. The number of amides is 2. The fourth-order valence-electron chi connectivity index (χ4n) is 4.35. The molecule has 0 aliphatic heterocycles. The molecule has 0 bridgehead atoms. The largest absolute Gasteiger partial charge is 0.497 e. The lowest BCUT2D eigenvalue weighted by atomic mass is 10.1. The molecule has 0 heterocycles. The van der Waals surface area contributed by atoms with Crippen molar-refractivity contribution in [3.8, 4) is 23.0 Å². The predicted molar refractivity (Wildman–Crippen MR) is 166 cm³/mol. The number of likely N-dealkylation sites (N-methyl/N-ethyl adjacent to an activating group) is 1. The first-order valence-electron chi connectivity index (χ1n) is 13.3. The van der Waals surface area contributed by atoms with Gasteiger partial charge >= 0.3 is 0 Å². The van der Waals surface area contributed by atoms with Crippen LogP contribution in [-0.2, 0) is 26.2 Å². The third-order valence-corrected chi connectivity index (χ3v) is 8.89. The molecule has 232 valence electrons. The third-order valence-electron chi connectivity index (χ3n) is 6.64. The van der Waals surface area contributed by atoms with E-state index in [4.69, 9.17) is 18.9 Å². The molecule has 1 atom stereocenters. The maximum absolute atomic E-state index is 14.3. The Balaban J connectivity index is 2.17. The van der Waals surface area contributed by atoms with Crippen LogP contribution < -0.4 is 28.6 Å². The molecule has 43 heavy (non-hydrogen) atoms. The molecule has 11 nitrogen and oxygen atoms in total. The van der Waals surface area contributed by atoms with Crippen molar-refractivity contribution in [3.63, 3.8) is 0 Å². The van der Waals surface area contributed by atoms with E-state index < -0.39 is 28.5 Å². The minimum atomic E-state index is -4.43. The van der Waals surface area contributed by atoms with Crippen LogP contribution in [0.25, 0.3) is 0 Å². The zero-order chi connectivity index (χ0) is 31.7. The molecule has 1 N–H and O–H groups in total. The molecule has 3 aromatic carbocycles. The SMILES string of the molecule is CCNC(=O)[C@@H](C)N(Cc1cccc(Br)c1)C(=O)CN(c1cc(OC)ccc1OC)S(=O)(=O)c1ccc(OC)c(OC)c1. The molecule has 3 rings (SSSR count). The van der Waals surface area contributed by atoms with E-state index in [1.54, 1.807) is 26.0 Å². The molecule has 2 amide bonds. The number of anilines is 1. The van der Waals surface area contributed by atoms with E-state index in [-0.39, 0.29) is 34.5 Å². The molecule has 0 saturated heterocycles. The van der Waals surface area contributed by atoms with Crippen molar-refractivity contribution in [2.75, 3.05) is 45.8 Å². The van der Waals surface area contributed by atoms with Crippen molar-refractivity contribution >= 4 is 43.5 Å². The Kier molecular flexibility index (Phi) is 11.7. The quantitative estimate of drug-likeness (QED) is 0.269. The Morgan fingerprint density at radius 3 is 2.16 bits per heavy atom. The normalized spacial score (nSPS) is 11.7. The summed E-state index contributed by atoms with van der Waals surface area (Å²) in [5, 5.41) is 2.74. The lowest BCUT2D eigenvalue weighted by molar-refractivity contribution is -0.139. The predicted octanol–water partition coefficient (Wildman–Crippen LogP) is 4.23. The molecule has 13 heteroatoms. The number of benzene rings is 3. The number of nitrogens with one attached hydrogen (secondary N) is 1. The van der Waals surface area contributed by atoms with Gasteiger partial charge in [0.05, 0.1) is 39.0 Å². The summed E-state index contributed by atoms with van der Waals surface area (Å²) in [5.41, 5.74) is 0.810. The highest BCUT2D eigenvalue weighted by Crippen LogP contribution is 2.37. The van der Waals surface area contributed by atoms with Gasteiger partial charge in [-0.3, -0.25) is 13.9 Å². The number of hydrogen-bond acceptors (Lipinski definition) is 8. The summed E-state index contributed by atoms with van der Waals surface area (Å²) in [6, 6.07) is 15.2. The summed E-state index contributed by atoms with van der Waals surface area (Å²) in [4.78, 5) is 28.2. The van der Waals surface area contributed by atoms with E-state index in [1.807, 2.05) is 24.3 Å². The summed E-state index contributed by atoms with van der Waals surface area (Å²) in [6.45, 7) is 3.13. The number of rotatable bonds is 14. The van der Waals surface area contributed by atoms with Crippen LogP contribution in [0.4, 0.5) is 5.69 Å². The number of hydrogen-bond donors (Lipinski definition) is 1. The fraction of sp³-hybridized carbons (Fsp3) is 0.333. The molecule has 0 unspecified atom stereocenters. The van der Waals surface area contributed by atoms with Gasteiger partial charge in [0, 0.05) is 29.7 Å². The van der Waals surface area contributed by atoms with Crippen molar-refractivity contribution in [2.24, 2.45) is 0 Å². The second-order valence-corrected chi connectivity index (χ2v) is 12.1. The second-order valence-electron chi connectivity index (χ2n) is 9.29. The van der Waals surface area contributed by atoms with Gasteiger partial charge in [-0.2, -0.15) is 0 Å². The van der Waals surface area contributed by atoms with Crippen LogP contribution in [0.5, 0.6) is 23.0 Å². The van der Waals surface area contributed by atoms with Crippen LogP contribution in [0.1, 0.15) is 19.4 Å². The van der Waals surface area contributed by atoms with Crippen LogP contribution in [0.3, 0.4) is 0 Å². The van der Waals surface area contributed by atoms with Crippen LogP contribution in [0.15, 0.2) is 70.0 Å². The topological polar surface area (TPSA) is 124 Å². The van der Waals surface area contributed by atoms with Crippen LogP contribution in [0.2, 0.25) is 0 Å². The Bertz CT molecular complexity index is 1550. The Morgan fingerprint density at radius 2 is 1.56 bits per heavy atom. The van der Waals surface area contributed by atoms with Crippen molar-refractivity contribution in [2.45, 2.75) is 31.3 Å². The van der Waals surface area contributed by atoms with Gasteiger partial charge < -0.3 is 29.2 Å². The van der Waals surface area contributed by atoms with Crippen LogP contribution in [-0.4, -0.2) is 72.7 Å². The summed E-state index contributed by atoms with van der Waals surface area (Å²) in [7, 11) is 1.24. The van der Waals surface area contributed by atoms with Gasteiger partial charge in [0.2, 0.25) is 11.8 Å². The maximum atomic E-state index is 14.3. The van der Waals surface area contributed by atoms with Crippen molar-refractivity contribution < 1.29 is 37.0 Å². The number of halogens is 1. The highest BCUT2D eigenvalue weighted by molar-refractivity contribution is 9.10. The molecular formula is C30H36BrN3O8S. The van der Waals surface area contributed by atoms with E-state index in [2.05, 4.69) is 21.2 Å². The molecule has 3 aromatic rings. The molecule has 0 aliphatic rings. The Labute approximate surface area is 260 Å². The number of methoxy groups -OCH3 is 4. The minimum absolute atomic E-state index is 0.0517. The summed E-state index contributed by atoms with van der Waals surface area (Å²) < 4.78 is 51.8. The first-order chi connectivity index (χ1) is 20.5. The Hall–Kier alpha value is -3.97. The van der Waals surface area contributed by atoms with E-state index in [0.29, 0.717) is 18.0 Å². The van der Waals surface area contributed by atoms with Gasteiger partial charge in [-0.15, -0.1) is 0 Å². The van der Waals surface area contributed by atoms with Gasteiger partial charge in [0.25, 0.3) is 10.0 Å². The number of sulfonamides is 1. The molecule has 0 aromatic heterocycles. The molecular weight excluding hydrogens is 642 g/mol. The molecule has 0 aliphatic carbocycles. The molecule has 0 spiro atoms. The van der Waals surface area contributed by atoms with E-state index in [9.17, 15) is 18.0 Å². The van der Waals surface area contributed by atoms with Gasteiger partial charge in [-0.05, 0) is 55.8 Å². The van der Waals surface area contributed by atoms with Crippen molar-refractivity contribution in [1.82, 2.24) is 10.2 Å². The highest BCUT2D eigenvalue weighted by atomic mass is 79.9. The molecule has 0 radical (unpaired) electrons. The fourth-order valence-corrected chi connectivity index (χ4v) is 6.22. The van der Waals surface area contributed by atoms with Gasteiger partial charge in [-0.1, -0.05) is 28.1 Å². The van der Waals surface area contributed by atoms with Crippen LogP contribution in [0, 0.1) is 0 Å². The number of carbonyl (C=O) groups is 2. The lowest BCUT2D eigenvalue weighted by Gasteiger charge is -2.32. The minimum Gasteiger partial charge on any atom is -0.497 e. The van der Waals surface area contributed by atoms with Gasteiger partial charge in [-0.25, -0.2) is 8.42 Å². The monoisotopic (exact) mass is 677 g/mol. The number of nitrogens with zero attached hydrogens (tertiary/aromatic N) is 2. The van der Waals surface area contributed by atoms with E-state index in [1.165, 1.54) is 57.6 Å². The van der Waals surface area contributed by atoms with Gasteiger partial charge in [0.15, 0.2) is 11.5 Å². The number of carbonyl (C=O) groups excluding carboxylic acids is 2. The van der Waals surface area contributed by atoms with Gasteiger partial charge in [0.1, 0.15) is 24.1 Å². The first-order valence-corrected chi connectivity index (χ1v) is 15.5.